The second-order valence-corrected chi connectivity index (χ2v) is 13.9. The highest BCUT2D eigenvalue weighted by molar-refractivity contribution is 7.13. The molecule has 0 bridgehead atoms. The summed E-state index contributed by atoms with van der Waals surface area (Å²) < 4.78 is 14.4. The Balaban J connectivity index is 1.17. The zero-order chi connectivity index (χ0) is 28.8. The van der Waals surface area contributed by atoms with Crippen molar-refractivity contribution in [3.05, 3.63) is 53.4 Å². The van der Waals surface area contributed by atoms with Crippen molar-refractivity contribution in [1.82, 2.24) is 29.6 Å². The molecule has 4 aliphatic rings. The average Bonchev–Trinajstić information content (AvgIpc) is 3.58. The summed E-state index contributed by atoms with van der Waals surface area (Å²) in [4.78, 5) is 16.7. The summed E-state index contributed by atoms with van der Waals surface area (Å²) in [6, 6.07) is 9.55. The number of nitriles is 1. The van der Waals surface area contributed by atoms with Gasteiger partial charge in [0.15, 0.2) is 0 Å². The molecule has 1 atom stereocenters. The molecule has 6 heterocycles. The summed E-state index contributed by atoms with van der Waals surface area (Å²) in [6.07, 6.45) is 12.2. The van der Waals surface area contributed by atoms with Crippen LogP contribution in [0.3, 0.4) is 0 Å². The predicted molar refractivity (Wildman–Crippen MR) is 164 cm³/mol. The van der Waals surface area contributed by atoms with Gasteiger partial charge in [0, 0.05) is 73.0 Å². The van der Waals surface area contributed by atoms with Crippen LogP contribution in [0.15, 0.2) is 42.3 Å². The van der Waals surface area contributed by atoms with Gasteiger partial charge in [-0.3, -0.25) is 14.6 Å². The van der Waals surface area contributed by atoms with E-state index < -0.39 is 0 Å². The number of methoxy groups -OCH3 is 1. The van der Waals surface area contributed by atoms with Gasteiger partial charge >= 0.3 is 0 Å². The summed E-state index contributed by atoms with van der Waals surface area (Å²) in [5, 5.41) is 16.5. The highest BCUT2D eigenvalue weighted by Crippen LogP contribution is 2.54. The minimum atomic E-state index is -0.377. The Kier molecular flexibility index (Phi) is 5.67. The first-order valence-corrected chi connectivity index (χ1v) is 16.1. The lowest BCUT2D eigenvalue weighted by Crippen LogP contribution is -2.34. The molecule has 1 saturated heterocycles. The van der Waals surface area contributed by atoms with Gasteiger partial charge in [-0.1, -0.05) is 6.07 Å². The van der Waals surface area contributed by atoms with Gasteiger partial charge in [-0.2, -0.15) is 10.4 Å². The number of aromatic nitrogens is 5. The van der Waals surface area contributed by atoms with E-state index in [0.717, 1.165) is 95.4 Å². The normalized spacial score (nSPS) is 25.9. The number of hydrogen-bond donors (Lipinski definition) is 1. The second kappa shape index (κ2) is 9.44. The number of nitrogens with zero attached hydrogens (tertiary/aromatic N) is 6. The van der Waals surface area contributed by atoms with Gasteiger partial charge in [0.25, 0.3) is 0 Å². The van der Waals surface area contributed by atoms with E-state index in [1.807, 2.05) is 24.1 Å². The molecule has 1 aromatic carbocycles. The second-order valence-electron chi connectivity index (χ2n) is 13.0. The Bertz CT molecular complexity index is 1910. The Hall–Kier alpha value is -3.62. The first-order valence-electron chi connectivity index (χ1n) is 15.3. The van der Waals surface area contributed by atoms with Crippen molar-refractivity contribution in [2.45, 2.75) is 62.9 Å². The van der Waals surface area contributed by atoms with Crippen molar-refractivity contribution < 1.29 is 9.47 Å². The third-order valence-electron chi connectivity index (χ3n) is 10.5. The minimum Gasteiger partial charge on any atom is -0.381 e. The number of pyridine rings is 1. The van der Waals surface area contributed by atoms with E-state index in [4.69, 9.17) is 19.6 Å². The first-order chi connectivity index (χ1) is 21.1. The monoisotopic (exact) mass is 591 g/mol. The molecular weight excluding hydrogens is 558 g/mol. The summed E-state index contributed by atoms with van der Waals surface area (Å²) in [5.74, 6) is 0. The number of likely N-dealkylation sites (tertiary alicyclic amines) is 1. The van der Waals surface area contributed by atoms with Gasteiger partial charge in [0.05, 0.1) is 52.6 Å². The highest BCUT2D eigenvalue weighted by Gasteiger charge is 2.51. The summed E-state index contributed by atoms with van der Waals surface area (Å²) in [6.45, 7) is 3.39. The Morgan fingerprint density at radius 2 is 2.12 bits per heavy atom. The van der Waals surface area contributed by atoms with Crippen LogP contribution in [-0.4, -0.2) is 62.5 Å². The third kappa shape index (κ3) is 3.95. The molecule has 5 aromatic rings. The number of rotatable bonds is 7. The van der Waals surface area contributed by atoms with Crippen molar-refractivity contribution in [2.24, 2.45) is 5.41 Å². The van der Waals surface area contributed by atoms with Crippen molar-refractivity contribution in [3.8, 4) is 27.8 Å². The van der Waals surface area contributed by atoms with Crippen molar-refractivity contribution in [2.75, 3.05) is 26.7 Å². The number of thiazole rings is 1. The van der Waals surface area contributed by atoms with Crippen LogP contribution in [0.25, 0.3) is 43.6 Å². The Morgan fingerprint density at radius 3 is 2.91 bits per heavy atom. The van der Waals surface area contributed by atoms with E-state index in [1.54, 1.807) is 18.4 Å². The molecule has 2 saturated carbocycles. The van der Waals surface area contributed by atoms with Gasteiger partial charge in [0.1, 0.15) is 11.2 Å². The average molecular weight is 592 g/mol. The highest BCUT2D eigenvalue weighted by atomic mass is 32.1. The van der Waals surface area contributed by atoms with Crippen molar-refractivity contribution in [1.29, 1.82) is 5.26 Å². The lowest BCUT2D eigenvalue weighted by atomic mass is 9.87. The topological polar surface area (TPSA) is 105 Å². The number of ether oxygens (including phenoxy) is 2. The molecule has 10 heteroatoms. The molecule has 0 unspecified atom stereocenters. The van der Waals surface area contributed by atoms with Crippen LogP contribution in [0.1, 0.15) is 55.7 Å². The molecule has 3 fully saturated rings. The van der Waals surface area contributed by atoms with Crippen LogP contribution in [0.5, 0.6) is 0 Å². The molecular formula is C33H33N7O2S. The summed E-state index contributed by atoms with van der Waals surface area (Å²) in [7, 11) is 1.79. The number of nitrogens with one attached hydrogen (secondary N) is 1. The van der Waals surface area contributed by atoms with E-state index in [2.05, 4.69) is 43.8 Å². The van der Waals surface area contributed by atoms with Gasteiger partial charge in [0.2, 0.25) is 0 Å². The van der Waals surface area contributed by atoms with E-state index in [-0.39, 0.29) is 11.0 Å². The van der Waals surface area contributed by atoms with Gasteiger partial charge in [-0.25, -0.2) is 4.98 Å². The SMILES string of the molecule is COC1CC(n2ncc3cc(-c4c(-c5cncs5)[nH]c5ncc6c(c45)[C@@]4(CCN(CC5(CC#N)CC5)C4)OC6)ccc32)C1. The minimum absolute atomic E-state index is 0.178. The standard InChI is InChI=1S/C33H33N7O2S/c1-41-24-11-23(12-24)40-25-3-2-20(10-21(25)14-37-40)27-28-29-22(13-36-31(28)38-30(27)26-15-35-19-43-26)16-42-33(29)7-9-39(18-33)17-32(4-5-32)6-8-34/h2-3,10,13-15,19,23-24H,4-7,9,11-12,16-18H2,1H3,(H,36,38)/t23?,24?,33-/m0/s1. The fourth-order valence-corrected chi connectivity index (χ4v) is 8.51. The molecule has 4 aromatic heterocycles. The van der Waals surface area contributed by atoms with E-state index in [0.29, 0.717) is 25.2 Å². The summed E-state index contributed by atoms with van der Waals surface area (Å²) in [5.41, 5.74) is 9.54. The molecule has 9 rings (SSSR count). The lowest BCUT2D eigenvalue weighted by Gasteiger charge is -2.34. The molecule has 0 radical (unpaired) electrons. The number of H-pyrrole nitrogens is 1. The fourth-order valence-electron chi connectivity index (χ4n) is 7.88. The van der Waals surface area contributed by atoms with Gasteiger partial charge < -0.3 is 14.5 Å². The predicted octanol–water partition coefficient (Wildman–Crippen LogP) is 6.18. The van der Waals surface area contributed by atoms with Crippen LogP contribution in [0.4, 0.5) is 0 Å². The zero-order valence-corrected chi connectivity index (χ0v) is 25.0. The van der Waals surface area contributed by atoms with Crippen LogP contribution in [-0.2, 0) is 21.7 Å². The first kappa shape index (κ1) is 25.8. The Morgan fingerprint density at radius 1 is 1.21 bits per heavy atom. The molecule has 1 spiro atoms. The molecule has 0 amide bonds. The quantitative estimate of drug-likeness (QED) is 0.241. The van der Waals surface area contributed by atoms with Gasteiger partial charge in [-0.05, 0) is 55.2 Å². The van der Waals surface area contributed by atoms with Crippen LogP contribution < -0.4 is 0 Å². The molecule has 2 aliphatic heterocycles. The van der Waals surface area contributed by atoms with Crippen molar-refractivity contribution in [3.63, 3.8) is 0 Å². The summed E-state index contributed by atoms with van der Waals surface area (Å²) >= 11 is 1.64. The molecule has 1 N–H and O–H groups in total. The fraction of sp³-hybridized carbons (Fsp3) is 0.455. The molecule has 218 valence electrons. The largest absolute Gasteiger partial charge is 0.381 e. The maximum atomic E-state index is 9.40. The zero-order valence-electron chi connectivity index (χ0n) is 24.2. The maximum absolute atomic E-state index is 9.40. The lowest BCUT2D eigenvalue weighted by molar-refractivity contribution is -0.0296. The van der Waals surface area contributed by atoms with Crippen LogP contribution >= 0.6 is 11.3 Å². The smallest absolute Gasteiger partial charge is 0.138 e. The van der Waals surface area contributed by atoms with Crippen LogP contribution in [0.2, 0.25) is 0 Å². The maximum Gasteiger partial charge on any atom is 0.138 e. The number of hydrogen-bond acceptors (Lipinski definition) is 8. The Labute approximate surface area is 253 Å². The number of fused-ring (bicyclic) bond motifs is 5. The molecule has 2 aliphatic carbocycles. The van der Waals surface area contributed by atoms with E-state index in [1.165, 1.54) is 11.1 Å². The number of benzene rings is 1. The van der Waals surface area contributed by atoms with E-state index >= 15 is 0 Å². The van der Waals surface area contributed by atoms with E-state index in [9.17, 15) is 5.26 Å². The van der Waals surface area contributed by atoms with Gasteiger partial charge in [-0.15, -0.1) is 11.3 Å². The third-order valence-corrected chi connectivity index (χ3v) is 11.2. The molecule has 43 heavy (non-hydrogen) atoms. The van der Waals surface area contributed by atoms with Crippen molar-refractivity contribution >= 4 is 33.3 Å². The number of aromatic amines is 1. The molecule has 9 nitrogen and oxygen atoms in total. The van der Waals surface area contributed by atoms with Crippen LogP contribution in [0, 0.1) is 16.7 Å².